The second-order valence-corrected chi connectivity index (χ2v) is 7.57. The first kappa shape index (κ1) is 21.7. The highest BCUT2D eigenvalue weighted by molar-refractivity contribution is 14.0. The molecule has 1 saturated carbocycles. The molecule has 158 valence electrons. The van der Waals surface area contributed by atoms with Crippen molar-refractivity contribution >= 4 is 29.9 Å². The van der Waals surface area contributed by atoms with Crippen LogP contribution in [-0.2, 0) is 19.0 Å². The fourth-order valence-corrected chi connectivity index (χ4v) is 4.22. The number of aromatic nitrogens is 2. The molecule has 4 rings (SSSR count). The fourth-order valence-electron chi connectivity index (χ4n) is 4.22. The van der Waals surface area contributed by atoms with Crippen LogP contribution in [0.3, 0.4) is 0 Å². The van der Waals surface area contributed by atoms with Gasteiger partial charge >= 0.3 is 0 Å². The van der Waals surface area contributed by atoms with Crippen molar-refractivity contribution in [3.05, 3.63) is 41.7 Å². The Morgan fingerprint density at radius 2 is 1.90 bits per heavy atom. The number of hydrogen-bond acceptors (Lipinski definition) is 4. The van der Waals surface area contributed by atoms with Crippen molar-refractivity contribution in [2.24, 2.45) is 12.0 Å². The van der Waals surface area contributed by atoms with Gasteiger partial charge in [0, 0.05) is 32.3 Å². The summed E-state index contributed by atoms with van der Waals surface area (Å²) in [5, 5.41) is 11.1. The average molecular weight is 511 g/mol. The lowest BCUT2D eigenvalue weighted by atomic mass is 9.78. The van der Waals surface area contributed by atoms with Gasteiger partial charge in [-0.25, -0.2) is 0 Å². The molecule has 0 atom stereocenters. The van der Waals surface area contributed by atoms with E-state index < -0.39 is 0 Å². The number of hydrogen-bond donors (Lipinski definition) is 2. The molecule has 0 unspecified atom stereocenters. The Balaban J connectivity index is 0.00000240. The van der Waals surface area contributed by atoms with Gasteiger partial charge in [0.05, 0.1) is 12.2 Å². The zero-order valence-electron chi connectivity index (χ0n) is 17.1. The lowest BCUT2D eigenvalue weighted by Crippen LogP contribution is -2.44. The first-order valence-electron chi connectivity index (χ1n) is 10.0. The summed E-state index contributed by atoms with van der Waals surface area (Å²) >= 11 is 0. The van der Waals surface area contributed by atoms with Gasteiger partial charge < -0.3 is 20.1 Å². The molecular weight excluding hydrogens is 481 g/mol. The number of guanidine groups is 1. The van der Waals surface area contributed by atoms with Crippen LogP contribution < -0.4 is 20.1 Å². The summed E-state index contributed by atoms with van der Waals surface area (Å²) in [7, 11) is 3.76. The monoisotopic (exact) mass is 511 g/mol. The summed E-state index contributed by atoms with van der Waals surface area (Å²) < 4.78 is 13.4. The smallest absolute Gasteiger partial charge is 0.191 e. The van der Waals surface area contributed by atoms with Crippen LogP contribution in [0.1, 0.15) is 36.9 Å². The summed E-state index contributed by atoms with van der Waals surface area (Å²) in [6, 6.07) is 8.44. The number of aryl methyl sites for hydroxylation is 1. The number of ether oxygens (including phenoxy) is 2. The number of nitrogens with one attached hydrogen (secondary N) is 2. The number of rotatable bonds is 5. The van der Waals surface area contributed by atoms with Crippen molar-refractivity contribution in [3.8, 4) is 11.5 Å². The fraction of sp³-hybridized carbons (Fsp3) is 0.524. The van der Waals surface area contributed by atoms with Gasteiger partial charge in [-0.1, -0.05) is 18.9 Å². The van der Waals surface area contributed by atoms with Crippen LogP contribution in [0.2, 0.25) is 0 Å². The molecule has 29 heavy (non-hydrogen) atoms. The maximum atomic E-state index is 5.82. The molecular formula is C21H30IN5O2. The Morgan fingerprint density at radius 1 is 1.14 bits per heavy atom. The number of nitrogens with zero attached hydrogens (tertiary/aromatic N) is 3. The van der Waals surface area contributed by atoms with Gasteiger partial charge in [0.25, 0.3) is 0 Å². The van der Waals surface area contributed by atoms with Crippen LogP contribution in [-0.4, -0.2) is 42.5 Å². The van der Waals surface area contributed by atoms with E-state index in [-0.39, 0.29) is 29.4 Å². The van der Waals surface area contributed by atoms with E-state index in [4.69, 9.17) is 9.47 Å². The van der Waals surface area contributed by atoms with Crippen LogP contribution in [0.15, 0.2) is 35.5 Å². The molecule has 0 amide bonds. The second-order valence-electron chi connectivity index (χ2n) is 7.57. The summed E-state index contributed by atoms with van der Waals surface area (Å²) in [5.74, 6) is 2.53. The van der Waals surface area contributed by atoms with Crippen molar-refractivity contribution in [2.75, 3.05) is 26.8 Å². The molecule has 0 radical (unpaired) electrons. The van der Waals surface area contributed by atoms with Crippen LogP contribution >= 0.6 is 24.0 Å². The van der Waals surface area contributed by atoms with E-state index in [1.165, 1.54) is 31.2 Å². The molecule has 2 N–H and O–H groups in total. The third-order valence-electron chi connectivity index (χ3n) is 5.89. The van der Waals surface area contributed by atoms with Crippen molar-refractivity contribution in [1.82, 2.24) is 20.4 Å². The normalized spacial score (nSPS) is 17.5. The Hall–Kier alpha value is -1.97. The largest absolute Gasteiger partial charge is 0.486 e. The summed E-state index contributed by atoms with van der Waals surface area (Å²) in [6.45, 7) is 2.77. The standard InChI is InChI=1S/C21H29N5O2.HI/c1-22-20(23-14-17-7-10-25-26(17)2)24-15-21(8-3-4-9-21)16-5-6-18-19(13-16)28-12-11-27-18;/h5-7,10,13H,3-4,8-9,11-12,14-15H2,1-2H3,(H2,22,23,24);1H. The molecule has 1 aliphatic carbocycles. The third-order valence-corrected chi connectivity index (χ3v) is 5.89. The summed E-state index contributed by atoms with van der Waals surface area (Å²) in [6.07, 6.45) is 6.63. The number of aliphatic imine (C=N–C) groups is 1. The van der Waals surface area contributed by atoms with Crippen molar-refractivity contribution in [2.45, 2.75) is 37.6 Å². The maximum absolute atomic E-state index is 5.82. The first-order valence-corrected chi connectivity index (χ1v) is 10.0. The average Bonchev–Trinajstić information content (AvgIpc) is 3.37. The third kappa shape index (κ3) is 4.79. The number of benzene rings is 1. The van der Waals surface area contributed by atoms with Crippen molar-refractivity contribution < 1.29 is 9.47 Å². The molecule has 1 aromatic carbocycles. The Labute approximate surface area is 189 Å². The van der Waals surface area contributed by atoms with Crippen molar-refractivity contribution in [1.29, 1.82) is 0 Å². The molecule has 8 heteroatoms. The Kier molecular flexibility index (Phi) is 7.26. The van der Waals surface area contributed by atoms with E-state index >= 15 is 0 Å². The van der Waals surface area contributed by atoms with Crippen LogP contribution in [0.25, 0.3) is 0 Å². The van der Waals surface area contributed by atoms with E-state index in [9.17, 15) is 0 Å². The molecule has 0 saturated heterocycles. The molecule has 0 spiro atoms. The molecule has 1 aromatic heterocycles. The van der Waals surface area contributed by atoms with E-state index in [2.05, 4.69) is 38.9 Å². The zero-order chi connectivity index (χ0) is 19.4. The number of halogens is 1. The molecule has 2 heterocycles. The van der Waals surface area contributed by atoms with Gasteiger partial charge in [-0.15, -0.1) is 24.0 Å². The molecule has 2 aromatic rings. The minimum atomic E-state index is 0. The quantitative estimate of drug-likeness (QED) is 0.367. The van der Waals surface area contributed by atoms with Gasteiger partial charge in [-0.05, 0) is 36.6 Å². The van der Waals surface area contributed by atoms with Crippen LogP contribution in [0.4, 0.5) is 0 Å². The predicted octanol–water partition coefficient (Wildman–Crippen LogP) is 2.99. The van der Waals surface area contributed by atoms with Gasteiger partial charge in [-0.2, -0.15) is 5.10 Å². The lowest BCUT2D eigenvalue weighted by molar-refractivity contribution is 0.171. The first-order chi connectivity index (χ1) is 13.7. The summed E-state index contributed by atoms with van der Waals surface area (Å²) in [4.78, 5) is 4.39. The second kappa shape index (κ2) is 9.69. The van der Waals surface area contributed by atoms with Gasteiger partial charge in [0.2, 0.25) is 0 Å². The van der Waals surface area contributed by atoms with Gasteiger partial charge in [-0.3, -0.25) is 9.67 Å². The highest BCUT2D eigenvalue weighted by Gasteiger charge is 2.36. The topological polar surface area (TPSA) is 72.7 Å². The minimum absolute atomic E-state index is 0. The molecule has 1 aliphatic heterocycles. The minimum Gasteiger partial charge on any atom is -0.486 e. The lowest BCUT2D eigenvalue weighted by Gasteiger charge is -2.32. The van der Waals surface area contributed by atoms with Gasteiger partial charge in [0.1, 0.15) is 13.2 Å². The molecule has 2 aliphatic rings. The van der Waals surface area contributed by atoms with Crippen molar-refractivity contribution in [3.63, 3.8) is 0 Å². The predicted molar refractivity (Wildman–Crippen MR) is 124 cm³/mol. The number of fused-ring (bicyclic) bond motifs is 1. The SMILES string of the molecule is CN=C(NCc1ccnn1C)NCC1(c2ccc3c(c2)OCCO3)CCCC1.I. The molecule has 1 fully saturated rings. The van der Waals surface area contributed by atoms with Crippen LogP contribution in [0.5, 0.6) is 11.5 Å². The van der Waals surface area contributed by atoms with E-state index in [1.807, 2.05) is 31.0 Å². The maximum Gasteiger partial charge on any atom is 0.191 e. The molecule has 7 nitrogen and oxygen atoms in total. The Bertz CT molecular complexity index is 845. The summed E-state index contributed by atoms with van der Waals surface area (Å²) in [5.41, 5.74) is 2.54. The van der Waals surface area contributed by atoms with E-state index in [1.54, 1.807) is 0 Å². The van der Waals surface area contributed by atoms with E-state index in [0.29, 0.717) is 19.8 Å². The molecule has 0 bridgehead atoms. The highest BCUT2D eigenvalue weighted by atomic mass is 127. The van der Waals surface area contributed by atoms with Gasteiger partial charge in [0.15, 0.2) is 17.5 Å². The van der Waals surface area contributed by atoms with Crippen LogP contribution in [0, 0.1) is 0 Å². The van der Waals surface area contributed by atoms with E-state index in [0.717, 1.165) is 29.7 Å². The highest BCUT2D eigenvalue weighted by Crippen LogP contribution is 2.43. The zero-order valence-corrected chi connectivity index (χ0v) is 19.4. The Morgan fingerprint density at radius 3 is 2.59 bits per heavy atom.